The Morgan fingerprint density at radius 2 is 2.39 bits per heavy atom. The Labute approximate surface area is 107 Å². The summed E-state index contributed by atoms with van der Waals surface area (Å²) in [5.74, 6) is -0.868. The van der Waals surface area contributed by atoms with Gasteiger partial charge in [-0.1, -0.05) is 6.07 Å². The summed E-state index contributed by atoms with van der Waals surface area (Å²) in [5, 5.41) is 30.0. The number of rotatable bonds is 4. The highest BCUT2D eigenvalue weighted by Gasteiger charge is 2.22. The lowest BCUT2D eigenvalue weighted by molar-refractivity contribution is -0.138. The van der Waals surface area contributed by atoms with E-state index in [4.69, 9.17) is 5.26 Å². The number of carbonyl (C=O) groups is 1. The molecule has 0 bridgehead atoms. The molecule has 1 atom stereocenters. The zero-order chi connectivity index (χ0) is 13.0. The van der Waals surface area contributed by atoms with Crippen LogP contribution in [0.3, 0.4) is 0 Å². The number of hydrogen-bond acceptors (Lipinski definition) is 6. The number of nitriles is 1. The van der Waals surface area contributed by atoms with E-state index >= 15 is 0 Å². The van der Waals surface area contributed by atoms with Crippen molar-refractivity contribution in [2.24, 2.45) is 0 Å². The summed E-state index contributed by atoms with van der Waals surface area (Å²) in [6.07, 6.45) is 1.38. The average Bonchev–Trinajstić information content (AvgIpc) is 2.89. The highest BCUT2D eigenvalue weighted by Crippen LogP contribution is 2.24. The van der Waals surface area contributed by atoms with Crippen molar-refractivity contribution < 1.29 is 9.90 Å². The van der Waals surface area contributed by atoms with Gasteiger partial charge < -0.3 is 10.4 Å². The Hall–Kier alpha value is -2.46. The quantitative estimate of drug-likeness (QED) is 0.867. The van der Waals surface area contributed by atoms with E-state index in [9.17, 15) is 9.90 Å². The second kappa shape index (κ2) is 5.25. The van der Waals surface area contributed by atoms with Crippen molar-refractivity contribution >= 4 is 23.1 Å². The summed E-state index contributed by atoms with van der Waals surface area (Å²) in [5.41, 5.74) is 0.257. The molecule has 2 aromatic heterocycles. The summed E-state index contributed by atoms with van der Waals surface area (Å²) >= 11 is 1.32. The van der Waals surface area contributed by atoms with Gasteiger partial charge in [0.25, 0.3) is 0 Å². The molecule has 0 aromatic carbocycles. The molecule has 2 N–H and O–H groups in total. The van der Waals surface area contributed by atoms with Gasteiger partial charge in [0.2, 0.25) is 0 Å². The van der Waals surface area contributed by atoms with Gasteiger partial charge >= 0.3 is 5.97 Å². The Kier molecular flexibility index (Phi) is 3.50. The molecular weight excluding hydrogens is 252 g/mol. The number of carboxylic acid groups (broad SMARTS) is 1. The molecule has 6 nitrogen and oxygen atoms in total. The molecule has 90 valence electrons. The van der Waals surface area contributed by atoms with Gasteiger partial charge in [0, 0.05) is 4.88 Å². The van der Waals surface area contributed by atoms with Gasteiger partial charge in [-0.15, -0.1) is 16.4 Å². The fourth-order valence-corrected chi connectivity index (χ4v) is 2.14. The van der Waals surface area contributed by atoms with Crippen molar-refractivity contribution in [3.8, 4) is 6.07 Å². The van der Waals surface area contributed by atoms with Crippen molar-refractivity contribution in [1.29, 1.82) is 5.26 Å². The third-order valence-corrected chi connectivity index (χ3v) is 3.13. The van der Waals surface area contributed by atoms with Crippen LogP contribution in [0.25, 0.3) is 0 Å². The first-order valence-corrected chi connectivity index (χ1v) is 5.85. The SMILES string of the molecule is N#Cc1ccnnc1NC(C(=O)O)c1cccs1. The Balaban J connectivity index is 2.31. The molecule has 2 heterocycles. The van der Waals surface area contributed by atoms with Crippen molar-refractivity contribution in [3.05, 3.63) is 40.2 Å². The molecule has 0 spiro atoms. The Bertz CT molecular complexity index is 591. The summed E-state index contributed by atoms with van der Waals surface area (Å²) < 4.78 is 0. The van der Waals surface area contributed by atoms with Crippen molar-refractivity contribution in [1.82, 2.24) is 10.2 Å². The van der Waals surface area contributed by atoms with Crippen molar-refractivity contribution in [2.45, 2.75) is 6.04 Å². The second-order valence-electron chi connectivity index (χ2n) is 3.34. The molecule has 0 fully saturated rings. The normalized spacial score (nSPS) is 11.5. The largest absolute Gasteiger partial charge is 0.479 e. The maximum absolute atomic E-state index is 11.2. The number of aliphatic carboxylic acids is 1. The lowest BCUT2D eigenvalue weighted by atomic mass is 10.2. The van der Waals surface area contributed by atoms with Crippen LogP contribution < -0.4 is 5.32 Å². The van der Waals surface area contributed by atoms with E-state index in [0.29, 0.717) is 4.88 Å². The van der Waals surface area contributed by atoms with Crippen LogP contribution in [0.15, 0.2) is 29.8 Å². The van der Waals surface area contributed by atoms with Crippen LogP contribution in [0, 0.1) is 11.3 Å². The minimum absolute atomic E-state index is 0.167. The Morgan fingerprint density at radius 1 is 1.56 bits per heavy atom. The van der Waals surface area contributed by atoms with Gasteiger partial charge in [0.05, 0.1) is 11.8 Å². The topological polar surface area (TPSA) is 98.9 Å². The molecule has 0 aliphatic rings. The summed E-state index contributed by atoms with van der Waals surface area (Å²) in [7, 11) is 0. The number of carboxylic acids is 1. The predicted molar refractivity (Wildman–Crippen MR) is 65.1 cm³/mol. The highest BCUT2D eigenvalue weighted by molar-refractivity contribution is 7.10. The lowest BCUT2D eigenvalue weighted by Gasteiger charge is -2.13. The fourth-order valence-electron chi connectivity index (χ4n) is 1.38. The van der Waals surface area contributed by atoms with Crippen molar-refractivity contribution in [3.63, 3.8) is 0 Å². The molecule has 1 unspecified atom stereocenters. The van der Waals surface area contributed by atoms with Crippen LogP contribution in [0.4, 0.5) is 5.82 Å². The van der Waals surface area contributed by atoms with Crippen LogP contribution in [0.5, 0.6) is 0 Å². The standard InChI is InChI=1S/C11H8N4O2S/c12-6-7-3-4-13-15-10(7)14-9(11(16)17)8-2-1-5-18-8/h1-5,9H,(H,14,15)(H,16,17). The monoisotopic (exact) mass is 260 g/mol. The number of aromatic nitrogens is 2. The third-order valence-electron chi connectivity index (χ3n) is 2.20. The first-order valence-electron chi connectivity index (χ1n) is 4.97. The highest BCUT2D eigenvalue weighted by atomic mass is 32.1. The minimum atomic E-state index is -1.04. The van der Waals surface area contributed by atoms with Gasteiger partial charge in [-0.2, -0.15) is 10.4 Å². The number of anilines is 1. The first kappa shape index (κ1) is 12.0. The second-order valence-corrected chi connectivity index (χ2v) is 4.32. The summed E-state index contributed by atoms with van der Waals surface area (Å²) in [4.78, 5) is 11.9. The predicted octanol–water partition coefficient (Wildman–Crippen LogP) is 1.65. The molecule has 0 aliphatic carbocycles. The van der Waals surface area contributed by atoms with E-state index in [1.165, 1.54) is 23.6 Å². The van der Waals surface area contributed by atoms with Crippen LogP contribution >= 0.6 is 11.3 Å². The van der Waals surface area contributed by atoms with Gasteiger partial charge in [0.15, 0.2) is 11.9 Å². The summed E-state index contributed by atoms with van der Waals surface area (Å²) in [6, 6.07) is 5.94. The summed E-state index contributed by atoms with van der Waals surface area (Å²) in [6.45, 7) is 0. The van der Waals surface area contributed by atoms with E-state index in [2.05, 4.69) is 15.5 Å². The molecule has 0 aliphatic heterocycles. The van der Waals surface area contributed by atoms with Gasteiger partial charge in [-0.3, -0.25) is 0 Å². The zero-order valence-corrected chi connectivity index (χ0v) is 9.89. The molecule has 0 saturated carbocycles. The van der Waals surface area contributed by atoms with Crippen LogP contribution in [0.2, 0.25) is 0 Å². The lowest BCUT2D eigenvalue weighted by Crippen LogP contribution is -2.20. The number of nitrogens with one attached hydrogen (secondary N) is 1. The molecule has 7 heteroatoms. The first-order chi connectivity index (χ1) is 8.72. The number of nitrogens with zero attached hydrogens (tertiary/aromatic N) is 3. The molecule has 18 heavy (non-hydrogen) atoms. The zero-order valence-electron chi connectivity index (χ0n) is 9.07. The van der Waals surface area contributed by atoms with E-state index < -0.39 is 12.0 Å². The maximum atomic E-state index is 11.2. The van der Waals surface area contributed by atoms with E-state index in [0.717, 1.165) is 0 Å². The maximum Gasteiger partial charge on any atom is 0.331 e. The number of hydrogen-bond donors (Lipinski definition) is 2. The van der Waals surface area contributed by atoms with Gasteiger partial charge in [0.1, 0.15) is 6.07 Å². The van der Waals surface area contributed by atoms with Crippen LogP contribution in [0.1, 0.15) is 16.5 Å². The molecule has 2 rings (SSSR count). The van der Waals surface area contributed by atoms with E-state index in [1.54, 1.807) is 17.5 Å². The molecule has 0 amide bonds. The average molecular weight is 260 g/mol. The number of thiophene rings is 1. The van der Waals surface area contributed by atoms with E-state index in [-0.39, 0.29) is 11.4 Å². The van der Waals surface area contributed by atoms with Crippen molar-refractivity contribution in [2.75, 3.05) is 5.32 Å². The fraction of sp³-hybridized carbons (Fsp3) is 0.0909. The third kappa shape index (κ3) is 2.44. The van der Waals surface area contributed by atoms with Crippen LogP contribution in [-0.4, -0.2) is 21.3 Å². The Morgan fingerprint density at radius 3 is 3.00 bits per heavy atom. The minimum Gasteiger partial charge on any atom is -0.479 e. The molecule has 2 aromatic rings. The molecule has 0 radical (unpaired) electrons. The molecule has 0 saturated heterocycles. The van der Waals surface area contributed by atoms with E-state index in [1.807, 2.05) is 6.07 Å². The van der Waals surface area contributed by atoms with Crippen LogP contribution in [-0.2, 0) is 4.79 Å². The van der Waals surface area contributed by atoms with Gasteiger partial charge in [-0.25, -0.2) is 4.79 Å². The smallest absolute Gasteiger partial charge is 0.331 e. The molecular formula is C11H8N4O2S. The van der Waals surface area contributed by atoms with Gasteiger partial charge in [-0.05, 0) is 17.5 Å².